The third kappa shape index (κ3) is 4.80. The van der Waals surface area contributed by atoms with Crippen LogP contribution in [0.25, 0.3) is 22.3 Å². The first kappa shape index (κ1) is 22.8. The van der Waals surface area contributed by atoms with Crippen molar-refractivity contribution in [2.75, 3.05) is 32.1 Å². The quantitative estimate of drug-likeness (QED) is 0.391. The van der Waals surface area contributed by atoms with Gasteiger partial charge in [-0.15, -0.1) is 0 Å². The molecule has 5 rings (SSSR count). The van der Waals surface area contributed by atoms with Crippen molar-refractivity contribution < 1.29 is 9.53 Å². The fraction of sp³-hybridized carbons (Fsp3) is 0.286. The van der Waals surface area contributed by atoms with Crippen LogP contribution in [0.1, 0.15) is 24.9 Å². The van der Waals surface area contributed by atoms with E-state index in [4.69, 9.17) is 9.72 Å². The first-order valence-corrected chi connectivity index (χ1v) is 11.9. The highest BCUT2D eigenvalue weighted by atomic mass is 16.5. The average Bonchev–Trinajstić information content (AvgIpc) is 3.27. The number of carbonyl (C=O) groups is 1. The van der Waals surface area contributed by atoms with Crippen molar-refractivity contribution in [1.82, 2.24) is 19.9 Å². The van der Waals surface area contributed by atoms with Crippen molar-refractivity contribution in [2.45, 2.75) is 19.4 Å². The van der Waals surface area contributed by atoms with Gasteiger partial charge in [0.05, 0.1) is 23.9 Å². The van der Waals surface area contributed by atoms with Crippen LogP contribution in [-0.2, 0) is 4.79 Å². The third-order valence-electron chi connectivity index (χ3n) is 6.55. The molecule has 0 radical (unpaired) electrons. The van der Waals surface area contributed by atoms with Gasteiger partial charge in [-0.3, -0.25) is 9.78 Å². The molecule has 1 aliphatic rings. The number of rotatable bonds is 7. The summed E-state index contributed by atoms with van der Waals surface area (Å²) in [7, 11) is 4.03. The smallest absolute Gasteiger partial charge is 0.242 e. The van der Waals surface area contributed by atoms with E-state index in [1.54, 1.807) is 12.4 Å². The molecule has 1 aliphatic heterocycles. The van der Waals surface area contributed by atoms with Crippen LogP contribution in [0.5, 0.6) is 5.88 Å². The lowest BCUT2D eigenvalue weighted by molar-refractivity contribution is -0.129. The zero-order valence-corrected chi connectivity index (χ0v) is 20.3. The summed E-state index contributed by atoms with van der Waals surface area (Å²) >= 11 is 0. The van der Waals surface area contributed by atoms with Crippen LogP contribution in [-0.4, -0.2) is 53.0 Å². The van der Waals surface area contributed by atoms with E-state index in [-0.39, 0.29) is 17.9 Å². The molecule has 7 nitrogen and oxygen atoms in total. The number of ether oxygens (including phenoxy) is 1. The molecule has 2 aromatic carbocycles. The second-order valence-electron chi connectivity index (χ2n) is 9.19. The summed E-state index contributed by atoms with van der Waals surface area (Å²) < 4.78 is 6.21. The molecule has 1 saturated heterocycles. The Morgan fingerprint density at radius 3 is 2.54 bits per heavy atom. The van der Waals surface area contributed by atoms with Crippen LogP contribution < -0.4 is 9.64 Å². The molecular weight excluding hydrogens is 438 g/mol. The Hall–Kier alpha value is -4.00. The molecule has 0 aliphatic carbocycles. The molecule has 2 aromatic heterocycles. The predicted molar refractivity (Wildman–Crippen MR) is 137 cm³/mol. The Morgan fingerprint density at radius 2 is 1.80 bits per heavy atom. The molecule has 0 N–H and O–H groups in total. The van der Waals surface area contributed by atoms with E-state index in [1.165, 1.54) is 0 Å². The zero-order valence-electron chi connectivity index (χ0n) is 20.3. The number of hydrogen-bond donors (Lipinski definition) is 0. The molecular formula is C28H29N5O2. The van der Waals surface area contributed by atoms with Crippen LogP contribution in [0.2, 0.25) is 0 Å². The highest BCUT2D eigenvalue weighted by Gasteiger charge is 2.33. The Morgan fingerprint density at radius 1 is 1.06 bits per heavy atom. The number of pyridine rings is 1. The minimum absolute atomic E-state index is 0.0342. The summed E-state index contributed by atoms with van der Waals surface area (Å²) in [6, 6.07) is 20.3. The molecule has 3 heterocycles. The largest absolute Gasteiger partial charge is 0.476 e. The summed E-state index contributed by atoms with van der Waals surface area (Å²) in [5.74, 6) is 0.691. The number of benzene rings is 2. The summed E-state index contributed by atoms with van der Waals surface area (Å²) in [6.07, 6.45) is 3.78. The van der Waals surface area contributed by atoms with E-state index in [9.17, 15) is 4.79 Å². The second kappa shape index (κ2) is 9.70. The van der Waals surface area contributed by atoms with Gasteiger partial charge in [-0.05, 0) is 30.7 Å². The third-order valence-corrected chi connectivity index (χ3v) is 6.55. The molecule has 0 spiro atoms. The first-order valence-electron chi connectivity index (χ1n) is 11.9. The maximum atomic E-state index is 12.8. The van der Waals surface area contributed by atoms with Gasteiger partial charge in [0, 0.05) is 56.6 Å². The number of hydrogen-bond acceptors (Lipinski definition) is 6. The van der Waals surface area contributed by atoms with Crippen molar-refractivity contribution in [3.05, 3.63) is 78.6 Å². The van der Waals surface area contributed by atoms with Crippen molar-refractivity contribution in [1.29, 1.82) is 0 Å². The average molecular weight is 468 g/mol. The number of aromatic nitrogens is 3. The number of nitrogens with zero attached hydrogens (tertiary/aromatic N) is 5. The minimum atomic E-state index is 0.0342. The molecule has 178 valence electrons. The topological polar surface area (TPSA) is 71.5 Å². The van der Waals surface area contributed by atoms with E-state index in [0.29, 0.717) is 31.0 Å². The number of carbonyl (C=O) groups excluding carboxylic acids is 1. The van der Waals surface area contributed by atoms with Gasteiger partial charge in [0.15, 0.2) is 5.52 Å². The molecule has 0 saturated carbocycles. The maximum absolute atomic E-state index is 12.8. The minimum Gasteiger partial charge on any atom is -0.476 e. The Bertz CT molecular complexity index is 1320. The van der Waals surface area contributed by atoms with Gasteiger partial charge >= 0.3 is 0 Å². The number of fused-ring (bicyclic) bond motifs is 1. The molecule has 1 fully saturated rings. The maximum Gasteiger partial charge on any atom is 0.242 e. The lowest BCUT2D eigenvalue weighted by Crippen LogP contribution is -2.29. The van der Waals surface area contributed by atoms with Crippen LogP contribution in [0.4, 0.5) is 5.69 Å². The Labute approximate surface area is 205 Å². The summed E-state index contributed by atoms with van der Waals surface area (Å²) in [5.41, 5.74) is 5.36. The fourth-order valence-electron chi connectivity index (χ4n) is 4.52. The van der Waals surface area contributed by atoms with E-state index < -0.39 is 0 Å². The van der Waals surface area contributed by atoms with Crippen LogP contribution in [0, 0.1) is 5.92 Å². The van der Waals surface area contributed by atoms with E-state index in [2.05, 4.69) is 46.1 Å². The van der Waals surface area contributed by atoms with E-state index in [0.717, 1.165) is 28.0 Å². The number of likely N-dealkylation sites (tertiary alicyclic amines) is 1. The molecule has 0 bridgehead atoms. The lowest BCUT2D eigenvalue weighted by Gasteiger charge is -2.25. The normalized spacial score (nSPS) is 16.5. The van der Waals surface area contributed by atoms with Crippen LogP contribution in [0.3, 0.4) is 0 Å². The SMILES string of the molecule is C[C@@H](c1ccccc1)N1CC(COc2nc(-c3ccc(N(C)C)cc3)cc3nccnc23)CC1=O. The lowest BCUT2D eigenvalue weighted by atomic mass is 10.1. The Balaban J connectivity index is 1.35. The summed E-state index contributed by atoms with van der Waals surface area (Å²) in [6.45, 7) is 3.13. The molecule has 4 aromatic rings. The van der Waals surface area contributed by atoms with Gasteiger partial charge in [-0.25, -0.2) is 9.97 Å². The van der Waals surface area contributed by atoms with Crippen molar-refractivity contribution in [3.63, 3.8) is 0 Å². The van der Waals surface area contributed by atoms with Crippen molar-refractivity contribution >= 4 is 22.6 Å². The van der Waals surface area contributed by atoms with Gasteiger partial charge in [-0.2, -0.15) is 0 Å². The van der Waals surface area contributed by atoms with Gasteiger partial charge in [-0.1, -0.05) is 42.5 Å². The van der Waals surface area contributed by atoms with Gasteiger partial charge in [0.1, 0.15) is 0 Å². The molecule has 1 unspecified atom stereocenters. The highest BCUT2D eigenvalue weighted by molar-refractivity contribution is 5.83. The van der Waals surface area contributed by atoms with Gasteiger partial charge < -0.3 is 14.5 Å². The van der Waals surface area contributed by atoms with Gasteiger partial charge in [0.25, 0.3) is 0 Å². The second-order valence-corrected chi connectivity index (χ2v) is 9.19. The highest BCUT2D eigenvalue weighted by Crippen LogP contribution is 2.31. The zero-order chi connectivity index (χ0) is 24.4. The number of amides is 1. The molecule has 35 heavy (non-hydrogen) atoms. The first-order chi connectivity index (χ1) is 17.0. The number of anilines is 1. The molecule has 1 amide bonds. The summed E-state index contributed by atoms with van der Waals surface area (Å²) in [5, 5.41) is 0. The standard InChI is InChI=1S/C28H29N5O2/c1-19(21-7-5-4-6-8-21)33-17-20(15-26(33)34)18-35-28-27-25(29-13-14-30-27)16-24(31-28)22-9-11-23(12-10-22)32(2)3/h4-14,16,19-20H,15,17-18H2,1-3H3/t19-,20?/m0/s1. The van der Waals surface area contributed by atoms with E-state index >= 15 is 0 Å². The fourth-order valence-corrected chi connectivity index (χ4v) is 4.52. The van der Waals surface area contributed by atoms with Crippen LogP contribution >= 0.6 is 0 Å². The van der Waals surface area contributed by atoms with Crippen molar-refractivity contribution in [2.24, 2.45) is 5.92 Å². The molecule has 2 atom stereocenters. The van der Waals surface area contributed by atoms with Crippen molar-refractivity contribution in [3.8, 4) is 17.1 Å². The summed E-state index contributed by atoms with van der Waals surface area (Å²) in [4.78, 5) is 30.5. The van der Waals surface area contributed by atoms with E-state index in [1.807, 2.05) is 55.4 Å². The van der Waals surface area contributed by atoms with Crippen LogP contribution in [0.15, 0.2) is 73.1 Å². The van der Waals surface area contributed by atoms with Gasteiger partial charge in [0.2, 0.25) is 11.8 Å². The monoisotopic (exact) mass is 467 g/mol. The molecule has 7 heteroatoms. The predicted octanol–water partition coefficient (Wildman–Crippen LogP) is 4.75. The Kier molecular flexibility index (Phi) is 6.31.